The van der Waals surface area contributed by atoms with Gasteiger partial charge in [-0.15, -0.1) is 5.10 Å². The van der Waals surface area contributed by atoms with E-state index < -0.39 is 5.97 Å². The number of nitrogens with zero attached hydrogens (tertiary/aromatic N) is 5. The van der Waals surface area contributed by atoms with E-state index in [0.717, 1.165) is 0 Å². The van der Waals surface area contributed by atoms with E-state index in [1.54, 1.807) is 4.90 Å². The Balaban J connectivity index is 1.75. The molecule has 0 spiro atoms. The molecule has 0 saturated carbocycles. The van der Waals surface area contributed by atoms with Crippen LogP contribution in [0.1, 0.15) is 6.42 Å². The Morgan fingerprint density at radius 1 is 1.44 bits per heavy atom. The number of amides is 1. The maximum Gasteiger partial charge on any atom is 0.303 e. The van der Waals surface area contributed by atoms with Crippen molar-refractivity contribution in [1.29, 1.82) is 0 Å². The zero-order valence-corrected chi connectivity index (χ0v) is 8.48. The van der Waals surface area contributed by atoms with Gasteiger partial charge in [0.1, 0.15) is 12.9 Å². The van der Waals surface area contributed by atoms with Crippen molar-refractivity contribution < 1.29 is 14.7 Å². The van der Waals surface area contributed by atoms with Crippen LogP contribution in [0.25, 0.3) is 0 Å². The molecule has 8 heteroatoms. The molecule has 2 rings (SSSR count). The predicted octanol–water partition coefficient (Wildman–Crippen LogP) is -1.39. The van der Waals surface area contributed by atoms with E-state index in [0.29, 0.717) is 13.1 Å². The van der Waals surface area contributed by atoms with Gasteiger partial charge in [-0.05, 0) is 10.4 Å². The first kappa shape index (κ1) is 10.5. The molecule has 0 bridgehead atoms. The lowest BCUT2D eigenvalue weighted by Crippen LogP contribution is -2.51. The summed E-state index contributed by atoms with van der Waals surface area (Å²) in [5, 5.41) is 19.0. The fourth-order valence-corrected chi connectivity index (χ4v) is 1.64. The highest BCUT2D eigenvalue weighted by Crippen LogP contribution is 2.19. The molecule has 0 atom stereocenters. The second kappa shape index (κ2) is 4.25. The molecule has 1 amide bonds. The number of hydrogen-bond donors (Lipinski definition) is 1. The highest BCUT2D eigenvalue weighted by atomic mass is 16.4. The van der Waals surface area contributed by atoms with Gasteiger partial charge in [0, 0.05) is 19.0 Å². The molecule has 1 N–H and O–H groups in total. The van der Waals surface area contributed by atoms with Crippen LogP contribution in [0.3, 0.4) is 0 Å². The average molecular weight is 225 g/mol. The maximum absolute atomic E-state index is 11.6. The number of aromatic nitrogens is 4. The van der Waals surface area contributed by atoms with Gasteiger partial charge in [0.25, 0.3) is 0 Å². The van der Waals surface area contributed by atoms with Crippen molar-refractivity contribution in [2.45, 2.75) is 13.0 Å². The predicted molar refractivity (Wildman–Crippen MR) is 50.1 cm³/mol. The van der Waals surface area contributed by atoms with Gasteiger partial charge in [-0.2, -0.15) is 0 Å². The number of carbonyl (C=O) groups is 2. The van der Waals surface area contributed by atoms with Crippen LogP contribution < -0.4 is 0 Å². The molecule has 1 aromatic rings. The van der Waals surface area contributed by atoms with Crippen molar-refractivity contribution in [3.8, 4) is 0 Å². The maximum atomic E-state index is 11.6. The third kappa shape index (κ3) is 2.33. The fourth-order valence-electron chi connectivity index (χ4n) is 1.64. The molecule has 1 aromatic heterocycles. The number of carbonyl (C=O) groups excluding carboxylic acids is 1. The molecule has 1 aliphatic heterocycles. The van der Waals surface area contributed by atoms with Gasteiger partial charge in [-0.25, -0.2) is 4.68 Å². The zero-order chi connectivity index (χ0) is 11.5. The molecule has 86 valence electrons. The Kier molecular flexibility index (Phi) is 2.80. The second-order valence-corrected chi connectivity index (χ2v) is 3.77. The average Bonchev–Trinajstić information content (AvgIpc) is 2.62. The first-order chi connectivity index (χ1) is 7.65. The smallest absolute Gasteiger partial charge is 0.303 e. The van der Waals surface area contributed by atoms with Gasteiger partial charge in [0.05, 0.1) is 6.42 Å². The van der Waals surface area contributed by atoms with Gasteiger partial charge in [-0.3, -0.25) is 9.59 Å². The molecule has 8 nitrogen and oxygen atoms in total. The third-order valence-corrected chi connectivity index (χ3v) is 2.46. The van der Waals surface area contributed by atoms with Gasteiger partial charge in [-0.1, -0.05) is 0 Å². The van der Waals surface area contributed by atoms with Crippen molar-refractivity contribution in [2.24, 2.45) is 5.92 Å². The van der Waals surface area contributed by atoms with Crippen molar-refractivity contribution in [2.75, 3.05) is 13.1 Å². The molecule has 16 heavy (non-hydrogen) atoms. The van der Waals surface area contributed by atoms with E-state index >= 15 is 0 Å². The van der Waals surface area contributed by atoms with Crippen LogP contribution in [0.15, 0.2) is 6.33 Å². The summed E-state index contributed by atoms with van der Waals surface area (Å²) >= 11 is 0. The van der Waals surface area contributed by atoms with Crippen LogP contribution in [-0.2, 0) is 16.1 Å². The Morgan fingerprint density at radius 3 is 2.75 bits per heavy atom. The van der Waals surface area contributed by atoms with Crippen LogP contribution >= 0.6 is 0 Å². The van der Waals surface area contributed by atoms with Gasteiger partial charge in [0.2, 0.25) is 5.91 Å². The van der Waals surface area contributed by atoms with E-state index in [9.17, 15) is 9.59 Å². The minimum Gasteiger partial charge on any atom is -0.481 e. The molecule has 0 unspecified atom stereocenters. The largest absolute Gasteiger partial charge is 0.481 e. The van der Waals surface area contributed by atoms with Crippen molar-refractivity contribution in [3.05, 3.63) is 6.33 Å². The zero-order valence-electron chi connectivity index (χ0n) is 8.48. The van der Waals surface area contributed by atoms with E-state index in [2.05, 4.69) is 15.5 Å². The minimum absolute atomic E-state index is 0.0790. The van der Waals surface area contributed by atoms with Crippen molar-refractivity contribution >= 4 is 11.9 Å². The third-order valence-electron chi connectivity index (χ3n) is 2.46. The van der Waals surface area contributed by atoms with E-state index in [1.165, 1.54) is 11.0 Å². The number of aliphatic carboxylic acids is 1. The fraction of sp³-hybridized carbons (Fsp3) is 0.625. The summed E-state index contributed by atoms with van der Waals surface area (Å²) < 4.78 is 1.34. The summed E-state index contributed by atoms with van der Waals surface area (Å²) in [7, 11) is 0. The summed E-state index contributed by atoms with van der Waals surface area (Å²) in [4.78, 5) is 23.6. The molecular weight excluding hydrogens is 214 g/mol. The lowest BCUT2D eigenvalue weighted by Gasteiger charge is -2.38. The topological polar surface area (TPSA) is 101 Å². The Labute approximate surface area is 90.8 Å². The summed E-state index contributed by atoms with van der Waals surface area (Å²) in [5.74, 6) is -0.832. The van der Waals surface area contributed by atoms with Crippen molar-refractivity contribution in [1.82, 2.24) is 25.1 Å². The molecule has 2 heterocycles. The number of hydrogen-bond acceptors (Lipinski definition) is 5. The highest BCUT2D eigenvalue weighted by Gasteiger charge is 2.31. The molecule has 0 radical (unpaired) electrons. The number of carboxylic acids is 1. The SMILES string of the molecule is O=C(O)CC1CN(C(=O)Cn2cnnn2)C1. The van der Waals surface area contributed by atoms with Gasteiger partial charge < -0.3 is 10.0 Å². The molecule has 0 aromatic carbocycles. The summed E-state index contributed by atoms with van der Waals surface area (Å²) in [6, 6.07) is 0. The van der Waals surface area contributed by atoms with Gasteiger partial charge in [0.15, 0.2) is 0 Å². The van der Waals surface area contributed by atoms with Gasteiger partial charge >= 0.3 is 5.97 Å². The molecule has 0 aliphatic carbocycles. The van der Waals surface area contributed by atoms with Crippen LogP contribution in [0.5, 0.6) is 0 Å². The normalized spacial score (nSPS) is 15.9. The Hall–Kier alpha value is -1.99. The molecule has 1 aliphatic rings. The molecule has 1 saturated heterocycles. The van der Waals surface area contributed by atoms with Crippen LogP contribution in [0.4, 0.5) is 0 Å². The van der Waals surface area contributed by atoms with Crippen LogP contribution in [0, 0.1) is 5.92 Å². The number of likely N-dealkylation sites (tertiary alicyclic amines) is 1. The Morgan fingerprint density at radius 2 is 2.19 bits per heavy atom. The highest BCUT2D eigenvalue weighted by molar-refractivity contribution is 5.77. The summed E-state index contributed by atoms with van der Waals surface area (Å²) in [6.07, 6.45) is 1.49. The standard InChI is InChI=1S/C8H11N5O3/c14-7(4-13-5-9-10-11-13)12-2-6(3-12)1-8(15)16/h5-6H,1-4H2,(H,15,16). The number of carboxylic acid groups (broad SMARTS) is 1. The minimum atomic E-state index is -0.822. The van der Waals surface area contributed by atoms with Crippen LogP contribution in [-0.4, -0.2) is 55.2 Å². The first-order valence-corrected chi connectivity index (χ1v) is 4.85. The molecular formula is C8H11N5O3. The van der Waals surface area contributed by atoms with Crippen LogP contribution in [0.2, 0.25) is 0 Å². The summed E-state index contributed by atoms with van der Waals surface area (Å²) in [5.41, 5.74) is 0. The lowest BCUT2D eigenvalue weighted by molar-refractivity contribution is -0.145. The quantitative estimate of drug-likeness (QED) is 0.676. The van der Waals surface area contributed by atoms with E-state index in [-0.39, 0.29) is 24.8 Å². The second-order valence-electron chi connectivity index (χ2n) is 3.77. The number of tetrazole rings is 1. The van der Waals surface area contributed by atoms with E-state index in [1.807, 2.05) is 0 Å². The number of rotatable bonds is 4. The van der Waals surface area contributed by atoms with E-state index in [4.69, 9.17) is 5.11 Å². The monoisotopic (exact) mass is 225 g/mol. The molecule has 1 fully saturated rings. The van der Waals surface area contributed by atoms with Crippen molar-refractivity contribution in [3.63, 3.8) is 0 Å². The lowest BCUT2D eigenvalue weighted by atomic mass is 9.96. The summed E-state index contributed by atoms with van der Waals surface area (Å²) in [6.45, 7) is 1.12. The first-order valence-electron chi connectivity index (χ1n) is 4.85. The Bertz CT molecular complexity index is 384.